The average molecular weight is 373 g/mol. The number of carbonyl (C=O) groups is 1. The second-order valence-electron chi connectivity index (χ2n) is 4.71. The Kier molecular flexibility index (Phi) is 5.66. The van der Waals surface area contributed by atoms with Crippen LogP contribution in [-0.2, 0) is 9.53 Å². The highest BCUT2D eigenvalue weighted by molar-refractivity contribution is 9.10. The van der Waals surface area contributed by atoms with E-state index in [1.54, 1.807) is 7.11 Å². The number of aromatic nitrogens is 2. The van der Waals surface area contributed by atoms with E-state index >= 15 is 0 Å². The molecular formula is C14H17BrN2O3S. The number of carboxylic acids is 1. The smallest absolute Gasteiger partial charge is 0.313 e. The Morgan fingerprint density at radius 2 is 2.33 bits per heavy atom. The first kappa shape index (κ1) is 16.3. The molecule has 1 aromatic carbocycles. The third-order valence-electron chi connectivity index (χ3n) is 3.12. The Labute approximate surface area is 135 Å². The van der Waals surface area contributed by atoms with Crippen LogP contribution in [0.4, 0.5) is 0 Å². The summed E-state index contributed by atoms with van der Waals surface area (Å²) in [5.41, 5.74) is 1.87. The summed E-state index contributed by atoms with van der Waals surface area (Å²) in [5, 5.41) is 9.61. The summed E-state index contributed by atoms with van der Waals surface area (Å²) >= 11 is 4.68. The van der Waals surface area contributed by atoms with Gasteiger partial charge in [0, 0.05) is 24.2 Å². The van der Waals surface area contributed by atoms with Crippen molar-refractivity contribution in [3.05, 3.63) is 22.7 Å². The second-order valence-corrected chi connectivity index (χ2v) is 6.57. The Balaban J connectivity index is 2.41. The number of hydrogen-bond donors (Lipinski definition) is 1. The molecule has 0 bridgehead atoms. The number of rotatable bonds is 7. The van der Waals surface area contributed by atoms with E-state index in [0.717, 1.165) is 27.1 Å². The number of fused-ring (bicyclic) bond motifs is 1. The van der Waals surface area contributed by atoms with Crippen molar-refractivity contribution in [2.75, 3.05) is 19.5 Å². The monoisotopic (exact) mass is 372 g/mol. The van der Waals surface area contributed by atoms with Crippen molar-refractivity contribution in [1.82, 2.24) is 9.55 Å². The fourth-order valence-electron chi connectivity index (χ4n) is 2.12. The summed E-state index contributed by atoms with van der Waals surface area (Å²) < 4.78 is 8.19. The summed E-state index contributed by atoms with van der Waals surface area (Å²) in [6, 6.07) is 6.10. The van der Waals surface area contributed by atoms with Crippen molar-refractivity contribution in [2.45, 2.75) is 24.5 Å². The van der Waals surface area contributed by atoms with Crippen LogP contribution in [0.25, 0.3) is 11.0 Å². The highest BCUT2D eigenvalue weighted by Gasteiger charge is 2.17. The zero-order valence-corrected chi connectivity index (χ0v) is 14.3. The molecule has 114 valence electrons. The maximum absolute atomic E-state index is 10.8. The lowest BCUT2D eigenvalue weighted by atomic mass is 10.2. The van der Waals surface area contributed by atoms with Crippen molar-refractivity contribution in [1.29, 1.82) is 0 Å². The maximum atomic E-state index is 10.8. The summed E-state index contributed by atoms with van der Waals surface area (Å²) in [5.74, 6) is -0.842. The topological polar surface area (TPSA) is 64.3 Å². The largest absolute Gasteiger partial charge is 0.481 e. The highest BCUT2D eigenvalue weighted by Crippen LogP contribution is 2.30. The third-order valence-corrected chi connectivity index (χ3v) is 4.56. The zero-order valence-electron chi connectivity index (χ0n) is 11.9. The Morgan fingerprint density at radius 3 is 3.00 bits per heavy atom. The van der Waals surface area contributed by atoms with Crippen LogP contribution in [-0.4, -0.2) is 40.1 Å². The van der Waals surface area contributed by atoms with E-state index in [2.05, 4.69) is 32.4 Å². The first-order valence-electron chi connectivity index (χ1n) is 6.54. The van der Waals surface area contributed by atoms with E-state index in [1.807, 2.05) is 18.2 Å². The van der Waals surface area contributed by atoms with Crippen LogP contribution in [0.2, 0.25) is 0 Å². The molecule has 0 amide bonds. The van der Waals surface area contributed by atoms with Crippen LogP contribution in [0.3, 0.4) is 0 Å². The molecule has 0 fully saturated rings. The molecule has 1 aromatic heterocycles. The molecule has 0 aliphatic carbocycles. The van der Waals surface area contributed by atoms with Gasteiger partial charge in [-0.05, 0) is 31.5 Å². The number of methoxy groups -OCH3 is 1. The summed E-state index contributed by atoms with van der Waals surface area (Å²) in [7, 11) is 1.68. The van der Waals surface area contributed by atoms with Crippen molar-refractivity contribution in [3.8, 4) is 0 Å². The molecule has 5 nitrogen and oxygen atoms in total. The van der Waals surface area contributed by atoms with Gasteiger partial charge in [0.25, 0.3) is 0 Å². The van der Waals surface area contributed by atoms with Crippen LogP contribution < -0.4 is 0 Å². The molecule has 1 atom stereocenters. The van der Waals surface area contributed by atoms with Gasteiger partial charge in [0.15, 0.2) is 5.16 Å². The Bertz CT molecular complexity index is 644. The molecule has 1 heterocycles. The first-order chi connectivity index (χ1) is 10.0. The standard InChI is InChI=1S/C14H17BrN2O3S/c1-9(5-6-20-2)17-12-4-3-10(15)7-11(12)16-14(17)21-8-13(18)19/h3-4,7,9H,5-6,8H2,1-2H3,(H,18,19). The van der Waals surface area contributed by atoms with Crippen molar-refractivity contribution < 1.29 is 14.6 Å². The number of benzene rings is 1. The SMILES string of the molecule is COCCC(C)n1c(SCC(=O)O)nc2cc(Br)ccc21. The summed E-state index contributed by atoms with van der Waals surface area (Å²) in [6.07, 6.45) is 0.846. The van der Waals surface area contributed by atoms with Crippen LogP contribution in [0.15, 0.2) is 27.8 Å². The van der Waals surface area contributed by atoms with Gasteiger partial charge >= 0.3 is 5.97 Å². The molecule has 0 aliphatic rings. The van der Waals surface area contributed by atoms with E-state index in [1.165, 1.54) is 11.8 Å². The van der Waals surface area contributed by atoms with Gasteiger partial charge in [-0.2, -0.15) is 0 Å². The minimum Gasteiger partial charge on any atom is -0.481 e. The van der Waals surface area contributed by atoms with Crippen LogP contribution in [0, 0.1) is 0 Å². The molecule has 1 N–H and O–H groups in total. The van der Waals surface area contributed by atoms with Crippen molar-refractivity contribution >= 4 is 44.7 Å². The molecule has 2 aromatic rings. The number of halogens is 1. The average Bonchev–Trinajstić information content (AvgIpc) is 2.79. The van der Waals surface area contributed by atoms with Gasteiger partial charge in [-0.3, -0.25) is 4.79 Å². The van der Waals surface area contributed by atoms with Crippen LogP contribution in [0.1, 0.15) is 19.4 Å². The van der Waals surface area contributed by atoms with Gasteiger partial charge in [0.2, 0.25) is 0 Å². The summed E-state index contributed by atoms with van der Waals surface area (Å²) in [4.78, 5) is 15.4. The minimum absolute atomic E-state index is 0.00148. The number of ether oxygens (including phenoxy) is 1. The number of nitrogens with zero attached hydrogens (tertiary/aromatic N) is 2. The van der Waals surface area contributed by atoms with E-state index in [4.69, 9.17) is 9.84 Å². The van der Waals surface area contributed by atoms with Crippen molar-refractivity contribution in [3.63, 3.8) is 0 Å². The number of imidazole rings is 1. The molecule has 0 saturated heterocycles. The van der Waals surface area contributed by atoms with E-state index in [0.29, 0.717) is 6.61 Å². The molecule has 0 saturated carbocycles. The van der Waals surface area contributed by atoms with Crippen molar-refractivity contribution in [2.24, 2.45) is 0 Å². The maximum Gasteiger partial charge on any atom is 0.313 e. The number of hydrogen-bond acceptors (Lipinski definition) is 4. The predicted molar refractivity (Wildman–Crippen MR) is 87.0 cm³/mol. The van der Waals surface area contributed by atoms with Crippen LogP contribution in [0.5, 0.6) is 0 Å². The van der Waals surface area contributed by atoms with E-state index in [-0.39, 0.29) is 11.8 Å². The van der Waals surface area contributed by atoms with Gasteiger partial charge < -0.3 is 14.4 Å². The molecule has 21 heavy (non-hydrogen) atoms. The number of carboxylic acid groups (broad SMARTS) is 1. The molecular weight excluding hydrogens is 356 g/mol. The van der Waals surface area contributed by atoms with Gasteiger partial charge in [0.1, 0.15) is 0 Å². The number of thioether (sulfide) groups is 1. The lowest BCUT2D eigenvalue weighted by Gasteiger charge is -2.16. The van der Waals surface area contributed by atoms with Crippen LogP contribution >= 0.6 is 27.7 Å². The normalized spacial score (nSPS) is 12.7. The summed E-state index contributed by atoms with van der Waals surface area (Å²) in [6.45, 7) is 2.74. The van der Waals surface area contributed by atoms with Gasteiger partial charge in [0.05, 0.1) is 16.8 Å². The Hall–Kier alpha value is -1.05. The lowest BCUT2D eigenvalue weighted by Crippen LogP contribution is -2.10. The lowest BCUT2D eigenvalue weighted by molar-refractivity contribution is -0.133. The van der Waals surface area contributed by atoms with E-state index < -0.39 is 5.97 Å². The quantitative estimate of drug-likeness (QED) is 0.752. The molecule has 1 unspecified atom stereocenters. The third kappa shape index (κ3) is 3.99. The van der Waals surface area contributed by atoms with Gasteiger partial charge in [-0.25, -0.2) is 4.98 Å². The van der Waals surface area contributed by atoms with E-state index in [9.17, 15) is 4.79 Å². The second kappa shape index (κ2) is 7.29. The molecule has 0 radical (unpaired) electrons. The highest BCUT2D eigenvalue weighted by atomic mass is 79.9. The van der Waals surface area contributed by atoms with Gasteiger partial charge in [-0.1, -0.05) is 27.7 Å². The molecule has 7 heteroatoms. The molecule has 0 spiro atoms. The molecule has 0 aliphatic heterocycles. The fourth-order valence-corrected chi connectivity index (χ4v) is 3.30. The molecule has 2 rings (SSSR count). The first-order valence-corrected chi connectivity index (χ1v) is 8.31. The zero-order chi connectivity index (χ0) is 15.4. The predicted octanol–water partition coefficient (Wildman–Crippen LogP) is 3.57. The Morgan fingerprint density at radius 1 is 1.57 bits per heavy atom. The minimum atomic E-state index is -0.843. The fraction of sp³-hybridized carbons (Fsp3) is 0.429. The van der Waals surface area contributed by atoms with Gasteiger partial charge in [-0.15, -0.1) is 0 Å². The number of aliphatic carboxylic acids is 1.